The van der Waals surface area contributed by atoms with Crippen LogP contribution in [0.25, 0.3) is 98.4 Å². The smallest absolute Gasteiger partial charge is 0.00988 e. The van der Waals surface area contributed by atoms with Crippen molar-refractivity contribution in [2.75, 3.05) is 0 Å². The molecule has 10 rings (SSSR count). The lowest BCUT2D eigenvalue weighted by Gasteiger charge is -2.15. The fourth-order valence-electron chi connectivity index (χ4n) is 7.91. The van der Waals surface area contributed by atoms with Gasteiger partial charge < -0.3 is 0 Å². The van der Waals surface area contributed by atoms with Crippen molar-refractivity contribution in [1.29, 1.82) is 0 Å². The van der Waals surface area contributed by atoms with Crippen molar-refractivity contribution in [2.45, 2.75) is 0 Å². The molecule has 0 N–H and O–H groups in total. The highest BCUT2D eigenvalue weighted by Crippen LogP contribution is 2.40. The summed E-state index contributed by atoms with van der Waals surface area (Å²) >= 11 is 0. The normalized spacial score (nSPS) is 11.6. The van der Waals surface area contributed by atoms with Crippen LogP contribution in [0.2, 0.25) is 0 Å². The van der Waals surface area contributed by atoms with Crippen molar-refractivity contribution < 1.29 is 0 Å². The average molecular weight is 633 g/mol. The first-order valence-electron chi connectivity index (χ1n) is 17.3. The average Bonchev–Trinajstić information content (AvgIpc) is 3.19. The lowest BCUT2D eigenvalue weighted by Crippen LogP contribution is -1.88. The Labute approximate surface area is 291 Å². The van der Waals surface area contributed by atoms with E-state index >= 15 is 0 Å². The Kier molecular flexibility index (Phi) is 6.60. The largest absolute Gasteiger partial charge is 0.0616 e. The minimum Gasteiger partial charge on any atom is -0.0616 e. The summed E-state index contributed by atoms with van der Waals surface area (Å²) in [6.45, 7) is 0. The van der Waals surface area contributed by atoms with Gasteiger partial charge in [0.2, 0.25) is 0 Å². The minimum absolute atomic E-state index is 1.22. The zero-order valence-electron chi connectivity index (χ0n) is 27.5. The van der Waals surface area contributed by atoms with Crippen molar-refractivity contribution >= 4 is 53.9 Å². The van der Waals surface area contributed by atoms with E-state index < -0.39 is 0 Å². The third-order valence-electron chi connectivity index (χ3n) is 10.4. The molecule has 0 nitrogen and oxygen atoms in total. The van der Waals surface area contributed by atoms with E-state index in [9.17, 15) is 0 Å². The number of benzene rings is 10. The van der Waals surface area contributed by atoms with E-state index in [0.29, 0.717) is 0 Å². The van der Waals surface area contributed by atoms with Crippen LogP contribution in [0, 0.1) is 0 Å². The van der Waals surface area contributed by atoms with E-state index in [4.69, 9.17) is 0 Å². The first kappa shape index (κ1) is 28.5. The van der Waals surface area contributed by atoms with E-state index in [2.05, 4.69) is 194 Å². The molecule has 0 heteroatoms. The van der Waals surface area contributed by atoms with Crippen molar-refractivity contribution in [3.05, 3.63) is 194 Å². The lowest BCUT2D eigenvalue weighted by molar-refractivity contribution is 1.62. The van der Waals surface area contributed by atoms with Crippen molar-refractivity contribution in [1.82, 2.24) is 0 Å². The highest BCUT2D eigenvalue weighted by molar-refractivity contribution is 6.14. The molecule has 10 aromatic carbocycles. The van der Waals surface area contributed by atoms with Crippen LogP contribution in [0.15, 0.2) is 194 Å². The second-order valence-corrected chi connectivity index (χ2v) is 13.3. The molecule has 0 aliphatic heterocycles. The predicted octanol–water partition coefficient (Wildman–Crippen LogP) is 14.1. The van der Waals surface area contributed by atoms with Crippen molar-refractivity contribution in [3.63, 3.8) is 0 Å². The molecule has 0 radical (unpaired) electrons. The van der Waals surface area contributed by atoms with Crippen LogP contribution in [0.1, 0.15) is 0 Å². The Balaban J connectivity index is 1.05. The quantitative estimate of drug-likeness (QED) is 0.169. The molecule has 232 valence electrons. The molecule has 0 saturated carbocycles. The summed E-state index contributed by atoms with van der Waals surface area (Å²) in [5, 5.41) is 12.7. The van der Waals surface area contributed by atoms with E-state index in [0.717, 1.165) is 0 Å². The molecule has 0 spiro atoms. The van der Waals surface area contributed by atoms with Crippen molar-refractivity contribution in [3.8, 4) is 44.5 Å². The maximum absolute atomic E-state index is 2.36. The molecule has 0 unspecified atom stereocenters. The van der Waals surface area contributed by atoms with Gasteiger partial charge in [-0.1, -0.05) is 164 Å². The van der Waals surface area contributed by atoms with Gasteiger partial charge in [-0.2, -0.15) is 0 Å². The van der Waals surface area contributed by atoms with Crippen LogP contribution in [-0.2, 0) is 0 Å². The number of fused-ring (bicyclic) bond motifs is 6. The van der Waals surface area contributed by atoms with Gasteiger partial charge in [-0.15, -0.1) is 0 Å². The SMILES string of the molecule is c1cc(-c2ccc(-c3ccc4cc(-c5ccc6ccccc6c5)ccc4c3)c3ccccc23)cc(-c2cc3ccccc3c3ccccc23)c1. The fraction of sp³-hybridized carbons (Fsp3) is 0. The Morgan fingerprint density at radius 2 is 0.600 bits per heavy atom. The van der Waals surface area contributed by atoms with Crippen LogP contribution in [0.3, 0.4) is 0 Å². The molecule has 0 aliphatic carbocycles. The van der Waals surface area contributed by atoms with Crippen LogP contribution >= 0.6 is 0 Å². The molecule has 0 heterocycles. The Hall–Kier alpha value is -6.50. The zero-order valence-corrected chi connectivity index (χ0v) is 27.5. The highest BCUT2D eigenvalue weighted by Gasteiger charge is 2.13. The van der Waals surface area contributed by atoms with E-state index in [-0.39, 0.29) is 0 Å². The number of rotatable bonds is 4. The van der Waals surface area contributed by atoms with Crippen LogP contribution in [0.5, 0.6) is 0 Å². The Morgan fingerprint density at radius 1 is 0.180 bits per heavy atom. The first-order valence-corrected chi connectivity index (χ1v) is 17.3. The summed E-state index contributed by atoms with van der Waals surface area (Å²) in [7, 11) is 0. The van der Waals surface area contributed by atoms with E-state index in [1.165, 1.54) is 98.4 Å². The lowest BCUT2D eigenvalue weighted by atomic mass is 9.89. The number of hydrogen-bond acceptors (Lipinski definition) is 0. The summed E-state index contributed by atoms with van der Waals surface area (Å²) in [6, 6.07) is 71.4. The molecule has 0 amide bonds. The summed E-state index contributed by atoms with van der Waals surface area (Å²) in [6.07, 6.45) is 0. The van der Waals surface area contributed by atoms with Gasteiger partial charge in [0, 0.05) is 0 Å². The monoisotopic (exact) mass is 632 g/mol. The summed E-state index contributed by atoms with van der Waals surface area (Å²) in [5.74, 6) is 0. The zero-order chi connectivity index (χ0) is 33.0. The van der Waals surface area contributed by atoms with Crippen LogP contribution in [-0.4, -0.2) is 0 Å². The van der Waals surface area contributed by atoms with Gasteiger partial charge in [0.1, 0.15) is 0 Å². The van der Waals surface area contributed by atoms with Crippen LogP contribution < -0.4 is 0 Å². The minimum atomic E-state index is 1.22. The Bertz CT molecular complexity index is 2930. The van der Waals surface area contributed by atoms with Gasteiger partial charge >= 0.3 is 0 Å². The van der Waals surface area contributed by atoms with Crippen molar-refractivity contribution in [2.24, 2.45) is 0 Å². The second kappa shape index (κ2) is 11.6. The molecule has 50 heavy (non-hydrogen) atoms. The maximum atomic E-state index is 2.36. The molecule has 0 aromatic heterocycles. The molecular formula is C50H32. The molecule has 0 bridgehead atoms. The van der Waals surface area contributed by atoms with Crippen LogP contribution in [0.4, 0.5) is 0 Å². The molecule has 10 aromatic rings. The summed E-state index contributed by atoms with van der Waals surface area (Å²) in [5.41, 5.74) is 9.94. The molecule has 0 atom stereocenters. The third-order valence-corrected chi connectivity index (χ3v) is 10.4. The molecule has 0 saturated heterocycles. The highest BCUT2D eigenvalue weighted by atomic mass is 14.2. The van der Waals surface area contributed by atoms with Gasteiger partial charge in [0.25, 0.3) is 0 Å². The van der Waals surface area contributed by atoms with E-state index in [1.54, 1.807) is 0 Å². The second-order valence-electron chi connectivity index (χ2n) is 13.3. The standard InChI is InChI=1S/C50H32/c1-2-11-34-28-35(21-20-33(34)10-1)36-22-23-38-30-42(25-24-37(38)29-36)45-27-26-44(47-17-5-6-18-48(45)47)39-13-9-14-40(31-39)50-32-41-12-3-4-15-43(41)46-16-7-8-19-49(46)50/h1-32H. The molecule has 0 fully saturated rings. The number of hydrogen-bond donors (Lipinski definition) is 0. The Morgan fingerprint density at radius 3 is 1.26 bits per heavy atom. The molecular weight excluding hydrogens is 601 g/mol. The van der Waals surface area contributed by atoms with Gasteiger partial charge in [-0.3, -0.25) is 0 Å². The van der Waals surface area contributed by atoms with Gasteiger partial charge in [0.05, 0.1) is 0 Å². The molecule has 0 aliphatic rings. The van der Waals surface area contributed by atoms with Gasteiger partial charge in [-0.05, 0) is 129 Å². The van der Waals surface area contributed by atoms with E-state index in [1.807, 2.05) is 0 Å². The first-order chi connectivity index (χ1) is 24.8. The third kappa shape index (κ3) is 4.77. The summed E-state index contributed by atoms with van der Waals surface area (Å²) < 4.78 is 0. The van der Waals surface area contributed by atoms with Gasteiger partial charge in [0.15, 0.2) is 0 Å². The predicted molar refractivity (Wildman–Crippen MR) is 216 cm³/mol. The summed E-state index contributed by atoms with van der Waals surface area (Å²) in [4.78, 5) is 0. The topological polar surface area (TPSA) is 0 Å². The maximum Gasteiger partial charge on any atom is -0.00988 e. The fourth-order valence-corrected chi connectivity index (χ4v) is 7.91. The van der Waals surface area contributed by atoms with Gasteiger partial charge in [-0.25, -0.2) is 0 Å².